The van der Waals surface area contributed by atoms with Crippen molar-refractivity contribution in [1.29, 1.82) is 0 Å². The fourth-order valence-corrected chi connectivity index (χ4v) is 1.38. The molecule has 0 unspecified atom stereocenters. The highest BCUT2D eigenvalue weighted by Crippen LogP contribution is 2.35. The van der Waals surface area contributed by atoms with Gasteiger partial charge in [-0.1, -0.05) is 12.8 Å². The first-order valence-corrected chi connectivity index (χ1v) is 3.12. The summed E-state index contributed by atoms with van der Waals surface area (Å²) in [6, 6.07) is 0. The van der Waals surface area contributed by atoms with Crippen LogP contribution >= 0.6 is 0 Å². The molecule has 1 saturated carbocycles. The minimum Gasteiger partial charge on any atom is -0.370 e. The van der Waals surface area contributed by atoms with Gasteiger partial charge in [0.1, 0.15) is 0 Å². The first kappa shape index (κ1) is 3.90. The Morgan fingerprint density at radius 2 is 1.57 bits per heavy atom. The lowest BCUT2D eigenvalue weighted by molar-refractivity contribution is 0.373. The van der Waals surface area contributed by atoms with E-state index in [0.717, 1.165) is 0 Å². The second kappa shape index (κ2) is 1.22. The van der Waals surface area contributed by atoms with Crippen molar-refractivity contribution >= 4 is 0 Å². The third-order valence-corrected chi connectivity index (χ3v) is 1.91. The number of hydrogen-bond donors (Lipinski definition) is 0. The lowest BCUT2D eigenvalue weighted by Crippen LogP contribution is -2.00. The second-order valence-corrected chi connectivity index (χ2v) is 2.50. The average Bonchev–Trinajstić information content (AvgIpc) is 2.41. The summed E-state index contributed by atoms with van der Waals surface area (Å²) in [5, 5.41) is 0. The van der Waals surface area contributed by atoms with Crippen LogP contribution in [0, 0.1) is 0 Å². The van der Waals surface area contributed by atoms with Crippen LogP contribution in [0.1, 0.15) is 25.7 Å². The molecule has 2 fully saturated rings. The summed E-state index contributed by atoms with van der Waals surface area (Å²) in [6.45, 7) is 0. The molecule has 40 valence electrons. The maximum Gasteiger partial charge on any atom is 0.0841 e. The molecule has 1 aliphatic carbocycles. The molecule has 1 aliphatic heterocycles. The molecule has 0 bridgehead atoms. The van der Waals surface area contributed by atoms with Gasteiger partial charge in [0.15, 0.2) is 0 Å². The zero-order valence-electron chi connectivity index (χ0n) is 4.39. The van der Waals surface area contributed by atoms with E-state index < -0.39 is 0 Å². The zero-order chi connectivity index (χ0) is 4.69. The Kier molecular flexibility index (Phi) is 0.680. The normalized spacial score (nSPS) is 48.0. The van der Waals surface area contributed by atoms with Crippen LogP contribution in [0.15, 0.2) is 0 Å². The molecule has 0 radical (unpaired) electrons. The molecular formula is C6H10O. The van der Waals surface area contributed by atoms with E-state index >= 15 is 0 Å². The number of ether oxygens (including phenoxy) is 1. The largest absolute Gasteiger partial charge is 0.370 e. The monoisotopic (exact) mass is 98.1 g/mol. The summed E-state index contributed by atoms with van der Waals surface area (Å²) in [5.41, 5.74) is 0. The van der Waals surface area contributed by atoms with E-state index in [0.29, 0.717) is 12.2 Å². The lowest BCUT2D eigenvalue weighted by Gasteiger charge is -2.00. The van der Waals surface area contributed by atoms with Crippen molar-refractivity contribution in [1.82, 2.24) is 0 Å². The molecule has 1 saturated heterocycles. The van der Waals surface area contributed by atoms with Gasteiger partial charge in [0.05, 0.1) is 12.2 Å². The fraction of sp³-hybridized carbons (Fsp3) is 1.00. The molecule has 2 atom stereocenters. The van der Waals surface area contributed by atoms with E-state index in [1.807, 2.05) is 0 Å². The summed E-state index contributed by atoms with van der Waals surface area (Å²) in [7, 11) is 0. The molecule has 0 N–H and O–H groups in total. The van der Waals surface area contributed by atoms with Gasteiger partial charge in [-0.25, -0.2) is 0 Å². The highest BCUT2D eigenvalue weighted by atomic mass is 16.6. The van der Waals surface area contributed by atoms with Gasteiger partial charge in [0, 0.05) is 0 Å². The van der Waals surface area contributed by atoms with Gasteiger partial charge in [0.25, 0.3) is 0 Å². The number of hydrogen-bond acceptors (Lipinski definition) is 1. The first-order valence-electron chi connectivity index (χ1n) is 3.12. The maximum atomic E-state index is 5.28. The third-order valence-electron chi connectivity index (χ3n) is 1.91. The zero-order valence-corrected chi connectivity index (χ0v) is 4.39. The molecule has 0 aromatic carbocycles. The average molecular weight is 98.1 g/mol. The Morgan fingerprint density at radius 3 is 2.00 bits per heavy atom. The Bertz CT molecular complexity index is 70.2. The maximum absolute atomic E-state index is 5.28. The summed E-state index contributed by atoms with van der Waals surface area (Å²) in [4.78, 5) is 0. The number of fused-ring (bicyclic) bond motifs is 1. The molecule has 2 rings (SSSR count). The van der Waals surface area contributed by atoms with Gasteiger partial charge < -0.3 is 4.74 Å². The lowest BCUT2D eigenvalue weighted by atomic mass is 10.0. The third kappa shape index (κ3) is 0.556. The van der Waals surface area contributed by atoms with Gasteiger partial charge >= 0.3 is 0 Å². The molecule has 0 aromatic rings. The summed E-state index contributed by atoms with van der Waals surface area (Å²) >= 11 is 0. The van der Waals surface area contributed by atoms with Crippen molar-refractivity contribution in [2.75, 3.05) is 0 Å². The van der Waals surface area contributed by atoms with Crippen LogP contribution in [0.5, 0.6) is 0 Å². The molecule has 0 amide bonds. The van der Waals surface area contributed by atoms with Crippen LogP contribution in [0.25, 0.3) is 0 Å². The molecule has 1 nitrogen and oxygen atoms in total. The van der Waals surface area contributed by atoms with Crippen LogP contribution in [0.4, 0.5) is 0 Å². The highest BCUT2D eigenvalue weighted by Gasteiger charge is 2.39. The van der Waals surface area contributed by atoms with E-state index in [1.165, 1.54) is 25.7 Å². The smallest absolute Gasteiger partial charge is 0.0841 e. The van der Waals surface area contributed by atoms with E-state index in [2.05, 4.69) is 0 Å². The van der Waals surface area contributed by atoms with Crippen molar-refractivity contribution < 1.29 is 4.74 Å². The fourth-order valence-electron chi connectivity index (χ4n) is 1.38. The molecule has 2 aliphatic rings. The minimum atomic E-state index is 0.703. The topological polar surface area (TPSA) is 12.5 Å². The Hall–Kier alpha value is -0.0400. The Balaban J connectivity index is 1.95. The number of epoxide rings is 1. The van der Waals surface area contributed by atoms with Crippen LogP contribution in [0.2, 0.25) is 0 Å². The van der Waals surface area contributed by atoms with Crippen LogP contribution < -0.4 is 0 Å². The Labute approximate surface area is 43.7 Å². The van der Waals surface area contributed by atoms with Crippen molar-refractivity contribution in [2.45, 2.75) is 37.9 Å². The minimum absolute atomic E-state index is 0.703. The van der Waals surface area contributed by atoms with Crippen LogP contribution in [0.3, 0.4) is 0 Å². The van der Waals surface area contributed by atoms with Crippen LogP contribution in [-0.2, 0) is 4.74 Å². The highest BCUT2D eigenvalue weighted by molar-refractivity contribution is 4.87. The number of rotatable bonds is 0. The van der Waals surface area contributed by atoms with Gasteiger partial charge in [-0.15, -0.1) is 0 Å². The summed E-state index contributed by atoms with van der Waals surface area (Å²) in [5.74, 6) is 0. The van der Waals surface area contributed by atoms with Crippen molar-refractivity contribution in [2.24, 2.45) is 0 Å². The van der Waals surface area contributed by atoms with Gasteiger partial charge in [-0.3, -0.25) is 0 Å². The SMILES string of the molecule is C1CC[C@H]2O[C@H]2C1. The van der Waals surface area contributed by atoms with E-state index in [4.69, 9.17) is 4.74 Å². The molecule has 0 spiro atoms. The van der Waals surface area contributed by atoms with E-state index in [9.17, 15) is 0 Å². The van der Waals surface area contributed by atoms with Crippen molar-refractivity contribution in [3.63, 3.8) is 0 Å². The van der Waals surface area contributed by atoms with Crippen LogP contribution in [-0.4, -0.2) is 12.2 Å². The van der Waals surface area contributed by atoms with Gasteiger partial charge in [-0.2, -0.15) is 0 Å². The van der Waals surface area contributed by atoms with Gasteiger partial charge in [-0.05, 0) is 12.8 Å². The Morgan fingerprint density at radius 1 is 1.00 bits per heavy atom. The van der Waals surface area contributed by atoms with E-state index in [1.54, 1.807) is 0 Å². The summed E-state index contributed by atoms with van der Waals surface area (Å²) < 4.78 is 5.28. The quantitative estimate of drug-likeness (QED) is 0.416. The predicted octanol–water partition coefficient (Wildman–Crippen LogP) is 1.33. The molecule has 1 heterocycles. The second-order valence-electron chi connectivity index (χ2n) is 2.50. The van der Waals surface area contributed by atoms with Crippen molar-refractivity contribution in [3.05, 3.63) is 0 Å². The standard InChI is InChI=1S/C6H10O/c1-2-4-6-5(3-1)7-6/h5-6H,1-4H2/t5-,6+. The molecule has 7 heavy (non-hydrogen) atoms. The molecule has 0 aromatic heterocycles. The predicted molar refractivity (Wildman–Crippen MR) is 27.1 cm³/mol. The first-order chi connectivity index (χ1) is 3.47. The molecule has 1 heteroatoms. The van der Waals surface area contributed by atoms with Crippen molar-refractivity contribution in [3.8, 4) is 0 Å². The summed E-state index contributed by atoms with van der Waals surface area (Å²) in [6.07, 6.45) is 6.89. The van der Waals surface area contributed by atoms with E-state index in [-0.39, 0.29) is 0 Å². The molecular weight excluding hydrogens is 88.1 g/mol. The van der Waals surface area contributed by atoms with Gasteiger partial charge in [0.2, 0.25) is 0 Å².